The van der Waals surface area contributed by atoms with E-state index in [4.69, 9.17) is 14.2 Å². The predicted octanol–water partition coefficient (Wildman–Crippen LogP) is 5.24. The van der Waals surface area contributed by atoms with E-state index in [1.807, 2.05) is 18.2 Å². The minimum Gasteiger partial charge on any atom is -0.492 e. The molecule has 172 valence electrons. The van der Waals surface area contributed by atoms with Crippen molar-refractivity contribution in [3.8, 4) is 17.4 Å². The molecule has 0 unspecified atom stereocenters. The molecule has 1 aliphatic heterocycles. The van der Waals surface area contributed by atoms with Crippen LogP contribution in [-0.2, 0) is 19.7 Å². The van der Waals surface area contributed by atoms with Crippen LogP contribution in [0.3, 0.4) is 0 Å². The number of nitrogens with zero attached hydrogens (tertiary/aromatic N) is 1. The Morgan fingerprint density at radius 3 is 2.47 bits per heavy atom. The van der Waals surface area contributed by atoms with Crippen LogP contribution in [0.5, 0.6) is 17.4 Å². The number of rotatable bonds is 6. The molecule has 1 aromatic heterocycles. The molecule has 0 saturated heterocycles. The quantitative estimate of drug-likeness (QED) is 0.618. The van der Waals surface area contributed by atoms with Gasteiger partial charge >= 0.3 is 5.97 Å². The lowest BCUT2D eigenvalue weighted by Crippen LogP contribution is -2.35. The molecule has 1 amide bonds. The maximum absolute atomic E-state index is 12.7. The van der Waals surface area contributed by atoms with Gasteiger partial charge in [0, 0.05) is 17.0 Å². The van der Waals surface area contributed by atoms with Gasteiger partial charge in [-0.05, 0) is 39.0 Å². The Balaban J connectivity index is 1.65. The molecule has 0 aliphatic carbocycles. The molecule has 0 atom stereocenters. The van der Waals surface area contributed by atoms with Gasteiger partial charge in [0.15, 0.2) is 0 Å². The third-order valence-electron chi connectivity index (χ3n) is 5.08. The van der Waals surface area contributed by atoms with Gasteiger partial charge in [0.2, 0.25) is 11.8 Å². The lowest BCUT2D eigenvalue weighted by atomic mass is 9.86. The second kappa shape index (κ2) is 8.45. The number of anilines is 1. The largest absolute Gasteiger partial charge is 0.492 e. The van der Waals surface area contributed by atoms with Crippen LogP contribution in [0.4, 0.5) is 5.69 Å². The van der Waals surface area contributed by atoms with Gasteiger partial charge < -0.3 is 19.5 Å². The number of carbonyl (C=O) groups is 2. The van der Waals surface area contributed by atoms with Crippen LogP contribution in [0.1, 0.15) is 60.5 Å². The number of pyridine rings is 1. The summed E-state index contributed by atoms with van der Waals surface area (Å²) in [5, 5.41) is 2.81. The average Bonchev–Trinajstić information content (AvgIpc) is 2.97. The SMILES string of the molecule is CC(C)(C)OC(=O)CC(C)(C)C(=O)Nc1ccc(Oc2cccc3c2C(C)(C)CO3)nc1. The van der Waals surface area contributed by atoms with Crippen LogP contribution in [0.15, 0.2) is 36.5 Å². The average molecular weight is 441 g/mol. The van der Waals surface area contributed by atoms with E-state index in [-0.39, 0.29) is 17.7 Å². The number of carbonyl (C=O) groups excluding carboxylic acids is 2. The first-order valence-corrected chi connectivity index (χ1v) is 10.7. The van der Waals surface area contributed by atoms with Crippen LogP contribution in [-0.4, -0.2) is 29.1 Å². The van der Waals surface area contributed by atoms with E-state index < -0.39 is 17.0 Å². The first-order valence-electron chi connectivity index (χ1n) is 10.7. The summed E-state index contributed by atoms with van der Waals surface area (Å²) < 4.78 is 17.1. The van der Waals surface area contributed by atoms with Crippen LogP contribution in [0, 0.1) is 5.41 Å². The number of hydrogen-bond donors (Lipinski definition) is 1. The Labute approximate surface area is 189 Å². The highest BCUT2D eigenvalue weighted by Crippen LogP contribution is 2.45. The van der Waals surface area contributed by atoms with E-state index in [1.165, 1.54) is 6.20 Å². The van der Waals surface area contributed by atoms with Crippen LogP contribution in [0.2, 0.25) is 0 Å². The van der Waals surface area contributed by atoms with Gasteiger partial charge in [-0.3, -0.25) is 9.59 Å². The molecule has 0 bridgehead atoms. The summed E-state index contributed by atoms with van der Waals surface area (Å²) in [4.78, 5) is 29.2. The van der Waals surface area contributed by atoms with E-state index in [1.54, 1.807) is 46.8 Å². The maximum atomic E-state index is 12.7. The van der Waals surface area contributed by atoms with Gasteiger partial charge in [-0.15, -0.1) is 0 Å². The first-order chi connectivity index (χ1) is 14.8. The summed E-state index contributed by atoms with van der Waals surface area (Å²) in [6.07, 6.45) is 1.50. The van der Waals surface area contributed by atoms with Gasteiger partial charge in [0.05, 0.1) is 30.3 Å². The van der Waals surface area contributed by atoms with Gasteiger partial charge in [-0.25, -0.2) is 4.98 Å². The van der Waals surface area contributed by atoms with E-state index in [2.05, 4.69) is 24.1 Å². The van der Waals surface area contributed by atoms with Crippen molar-refractivity contribution in [2.24, 2.45) is 5.41 Å². The fourth-order valence-electron chi connectivity index (χ4n) is 3.46. The molecular weight excluding hydrogens is 408 g/mol. The van der Waals surface area contributed by atoms with Crippen molar-refractivity contribution in [1.29, 1.82) is 0 Å². The van der Waals surface area contributed by atoms with Crippen LogP contribution < -0.4 is 14.8 Å². The Kier molecular flexibility index (Phi) is 6.22. The molecule has 0 saturated carbocycles. The summed E-state index contributed by atoms with van der Waals surface area (Å²) in [7, 11) is 0. The number of nitrogens with one attached hydrogen (secondary N) is 1. The molecule has 7 nitrogen and oxygen atoms in total. The van der Waals surface area contributed by atoms with E-state index in [0.29, 0.717) is 23.9 Å². The third-order valence-corrected chi connectivity index (χ3v) is 5.08. The van der Waals surface area contributed by atoms with Crippen LogP contribution >= 0.6 is 0 Å². The highest BCUT2D eigenvalue weighted by Gasteiger charge is 2.35. The van der Waals surface area contributed by atoms with E-state index >= 15 is 0 Å². The number of fused-ring (bicyclic) bond motifs is 1. The number of benzene rings is 1. The Hall–Kier alpha value is -3.09. The zero-order chi connectivity index (χ0) is 23.7. The minimum absolute atomic E-state index is 0.0261. The second-order valence-electron chi connectivity index (χ2n) is 10.4. The van der Waals surface area contributed by atoms with Crippen molar-refractivity contribution >= 4 is 17.6 Å². The number of ether oxygens (including phenoxy) is 3. The summed E-state index contributed by atoms with van der Waals surface area (Å²) in [6, 6.07) is 9.12. The maximum Gasteiger partial charge on any atom is 0.307 e. The molecule has 0 fully saturated rings. The van der Waals surface area contributed by atoms with Gasteiger partial charge in [0.1, 0.15) is 17.1 Å². The topological polar surface area (TPSA) is 86.8 Å². The fraction of sp³-hybridized carbons (Fsp3) is 0.480. The second-order valence-corrected chi connectivity index (χ2v) is 10.4. The lowest BCUT2D eigenvalue weighted by Gasteiger charge is -2.25. The smallest absolute Gasteiger partial charge is 0.307 e. The minimum atomic E-state index is -0.937. The van der Waals surface area contributed by atoms with E-state index in [0.717, 1.165) is 11.3 Å². The molecule has 1 aromatic carbocycles. The fourth-order valence-corrected chi connectivity index (χ4v) is 3.46. The van der Waals surface area contributed by atoms with Crippen molar-refractivity contribution < 1.29 is 23.8 Å². The Bertz CT molecular complexity index is 1000. The zero-order valence-corrected chi connectivity index (χ0v) is 19.9. The number of amides is 1. The van der Waals surface area contributed by atoms with Crippen LogP contribution in [0.25, 0.3) is 0 Å². The summed E-state index contributed by atoms with van der Waals surface area (Å²) in [5.74, 6) is 1.23. The van der Waals surface area contributed by atoms with Crippen molar-refractivity contribution in [3.05, 3.63) is 42.1 Å². The molecule has 3 rings (SSSR count). The van der Waals surface area contributed by atoms with Crippen molar-refractivity contribution in [3.63, 3.8) is 0 Å². The van der Waals surface area contributed by atoms with E-state index in [9.17, 15) is 9.59 Å². The molecule has 32 heavy (non-hydrogen) atoms. The number of esters is 1. The van der Waals surface area contributed by atoms with Crippen molar-refractivity contribution in [2.45, 2.75) is 65.9 Å². The molecule has 2 heterocycles. The monoisotopic (exact) mass is 440 g/mol. The summed E-state index contributed by atoms with van der Waals surface area (Å²) in [6.45, 7) is 13.6. The zero-order valence-electron chi connectivity index (χ0n) is 19.9. The Morgan fingerprint density at radius 2 is 1.84 bits per heavy atom. The lowest BCUT2D eigenvalue weighted by molar-refractivity contribution is -0.158. The van der Waals surface area contributed by atoms with Gasteiger partial charge in [0.25, 0.3) is 0 Å². The van der Waals surface area contributed by atoms with Gasteiger partial charge in [-0.2, -0.15) is 0 Å². The number of hydrogen-bond acceptors (Lipinski definition) is 6. The predicted molar refractivity (Wildman–Crippen MR) is 122 cm³/mol. The normalized spacial score (nSPS) is 14.8. The molecule has 1 N–H and O–H groups in total. The molecule has 0 spiro atoms. The first kappa shape index (κ1) is 23.6. The molecule has 0 radical (unpaired) electrons. The molecular formula is C25H32N2O5. The standard InChI is InChI=1S/C25H32N2O5/c1-23(2,3)32-20(28)13-24(4,5)22(29)27-16-11-12-19(26-14-16)31-18-10-8-9-17-21(18)25(6,7)15-30-17/h8-12,14H,13,15H2,1-7H3,(H,27,29). The number of aromatic nitrogens is 1. The molecule has 7 heteroatoms. The molecule has 2 aromatic rings. The van der Waals surface area contributed by atoms with Crippen molar-refractivity contribution in [2.75, 3.05) is 11.9 Å². The third kappa shape index (κ3) is 5.58. The molecule has 1 aliphatic rings. The Morgan fingerprint density at radius 1 is 1.12 bits per heavy atom. The summed E-state index contributed by atoms with van der Waals surface area (Å²) >= 11 is 0. The highest BCUT2D eigenvalue weighted by molar-refractivity contribution is 5.96. The van der Waals surface area contributed by atoms with Gasteiger partial charge in [-0.1, -0.05) is 33.8 Å². The van der Waals surface area contributed by atoms with Crippen molar-refractivity contribution in [1.82, 2.24) is 4.98 Å². The summed E-state index contributed by atoms with van der Waals surface area (Å²) in [5.41, 5.74) is -0.152. The highest BCUT2D eigenvalue weighted by atomic mass is 16.6.